The monoisotopic (exact) mass is 329 g/mol. The highest BCUT2D eigenvalue weighted by atomic mass is 16.2. The molecular weight excluding hydrogens is 306 g/mol. The number of amides is 3. The van der Waals surface area contributed by atoms with E-state index in [2.05, 4.69) is 10.6 Å². The zero-order valence-electron chi connectivity index (χ0n) is 13.7. The smallest absolute Gasteiger partial charge is 0.251 e. The lowest BCUT2D eigenvalue weighted by molar-refractivity contribution is -0.134. The normalized spacial score (nSPS) is 20.3. The molecule has 0 bridgehead atoms. The van der Waals surface area contributed by atoms with Gasteiger partial charge in [0.15, 0.2) is 0 Å². The fourth-order valence-corrected chi connectivity index (χ4v) is 2.92. The molecule has 6 heteroatoms. The molecule has 2 N–H and O–H groups in total. The van der Waals surface area contributed by atoms with Crippen LogP contribution in [0.2, 0.25) is 0 Å². The van der Waals surface area contributed by atoms with Gasteiger partial charge in [-0.05, 0) is 37.8 Å². The number of hydrogen-bond donors (Lipinski definition) is 2. The zero-order valence-corrected chi connectivity index (χ0v) is 13.7. The highest BCUT2D eigenvalue weighted by Gasteiger charge is 2.31. The SMILES string of the molecule is O=C(NCC(=O)N1CCC[C@H](C(=O)NC2CC2)C1)c1ccccc1. The maximum Gasteiger partial charge on any atom is 0.251 e. The number of hydrogen-bond acceptors (Lipinski definition) is 3. The topological polar surface area (TPSA) is 78.5 Å². The average Bonchev–Trinajstić information content (AvgIpc) is 3.44. The average molecular weight is 329 g/mol. The van der Waals surface area contributed by atoms with Gasteiger partial charge in [-0.3, -0.25) is 14.4 Å². The van der Waals surface area contributed by atoms with Crippen molar-refractivity contribution in [2.75, 3.05) is 19.6 Å². The van der Waals surface area contributed by atoms with Crippen LogP contribution in [0, 0.1) is 5.92 Å². The van der Waals surface area contributed by atoms with Crippen LogP contribution in [0.25, 0.3) is 0 Å². The number of rotatable bonds is 5. The van der Waals surface area contributed by atoms with Crippen molar-refractivity contribution in [1.82, 2.24) is 15.5 Å². The van der Waals surface area contributed by atoms with Crippen molar-refractivity contribution in [1.29, 1.82) is 0 Å². The van der Waals surface area contributed by atoms with Crippen LogP contribution in [0.3, 0.4) is 0 Å². The summed E-state index contributed by atoms with van der Waals surface area (Å²) in [5.74, 6) is -0.469. The van der Waals surface area contributed by atoms with E-state index in [4.69, 9.17) is 0 Å². The summed E-state index contributed by atoms with van der Waals surface area (Å²) in [6.07, 6.45) is 3.76. The van der Waals surface area contributed by atoms with Crippen LogP contribution in [-0.4, -0.2) is 48.3 Å². The van der Waals surface area contributed by atoms with Gasteiger partial charge in [0.25, 0.3) is 5.91 Å². The molecule has 3 amide bonds. The lowest BCUT2D eigenvalue weighted by Gasteiger charge is -2.32. The molecule has 6 nitrogen and oxygen atoms in total. The van der Waals surface area contributed by atoms with Crippen LogP contribution in [0.1, 0.15) is 36.0 Å². The third-order valence-electron chi connectivity index (χ3n) is 4.50. The third-order valence-corrected chi connectivity index (χ3v) is 4.50. The van der Waals surface area contributed by atoms with Crippen LogP contribution < -0.4 is 10.6 Å². The van der Waals surface area contributed by atoms with Gasteiger partial charge >= 0.3 is 0 Å². The number of carbonyl (C=O) groups excluding carboxylic acids is 3. The van der Waals surface area contributed by atoms with Crippen LogP contribution >= 0.6 is 0 Å². The van der Waals surface area contributed by atoms with Gasteiger partial charge in [-0.25, -0.2) is 0 Å². The van der Waals surface area contributed by atoms with Gasteiger partial charge in [0, 0.05) is 24.7 Å². The summed E-state index contributed by atoms with van der Waals surface area (Å²) in [6.45, 7) is 1.05. The van der Waals surface area contributed by atoms with Crippen molar-refractivity contribution < 1.29 is 14.4 Å². The van der Waals surface area contributed by atoms with Gasteiger partial charge in [-0.2, -0.15) is 0 Å². The molecule has 24 heavy (non-hydrogen) atoms. The Morgan fingerprint density at radius 1 is 1.08 bits per heavy atom. The molecule has 1 heterocycles. The van der Waals surface area contributed by atoms with Crippen LogP contribution in [0.4, 0.5) is 0 Å². The molecule has 3 rings (SSSR count). The van der Waals surface area contributed by atoms with E-state index in [1.165, 1.54) is 0 Å². The summed E-state index contributed by atoms with van der Waals surface area (Å²) in [5.41, 5.74) is 0.533. The Kier molecular flexibility index (Phi) is 5.13. The molecule has 0 aromatic heterocycles. The first-order chi connectivity index (χ1) is 11.6. The molecule has 1 atom stereocenters. The number of benzene rings is 1. The molecule has 1 saturated carbocycles. The third kappa shape index (κ3) is 4.34. The minimum Gasteiger partial charge on any atom is -0.353 e. The second-order valence-electron chi connectivity index (χ2n) is 6.51. The highest BCUT2D eigenvalue weighted by Crippen LogP contribution is 2.22. The van der Waals surface area contributed by atoms with E-state index in [1.54, 1.807) is 29.2 Å². The van der Waals surface area contributed by atoms with E-state index < -0.39 is 0 Å². The molecule has 0 radical (unpaired) electrons. The number of carbonyl (C=O) groups is 3. The predicted octanol–water partition coefficient (Wildman–Crippen LogP) is 0.934. The molecule has 128 valence electrons. The quantitative estimate of drug-likeness (QED) is 0.844. The minimum atomic E-state index is -0.260. The summed E-state index contributed by atoms with van der Waals surface area (Å²) >= 11 is 0. The van der Waals surface area contributed by atoms with E-state index >= 15 is 0 Å². The van der Waals surface area contributed by atoms with Crippen molar-refractivity contribution in [2.24, 2.45) is 5.92 Å². The minimum absolute atomic E-state index is 0.0370. The summed E-state index contributed by atoms with van der Waals surface area (Å²) in [5, 5.41) is 5.66. The number of nitrogens with one attached hydrogen (secondary N) is 2. The molecule has 1 aliphatic carbocycles. The largest absolute Gasteiger partial charge is 0.353 e. The maximum absolute atomic E-state index is 12.3. The second-order valence-corrected chi connectivity index (χ2v) is 6.51. The Balaban J connectivity index is 1.47. The summed E-state index contributed by atoms with van der Waals surface area (Å²) in [4.78, 5) is 38.1. The van der Waals surface area contributed by atoms with Gasteiger partial charge in [0.1, 0.15) is 0 Å². The van der Waals surface area contributed by atoms with Gasteiger partial charge in [-0.15, -0.1) is 0 Å². The standard InChI is InChI=1S/C18H23N3O3/c22-16(11-19-17(23)13-5-2-1-3-6-13)21-10-4-7-14(12-21)18(24)20-15-8-9-15/h1-3,5-6,14-15H,4,7-12H2,(H,19,23)(H,20,24)/t14-/m0/s1. The van der Waals surface area contributed by atoms with Crippen molar-refractivity contribution in [3.63, 3.8) is 0 Å². The van der Waals surface area contributed by atoms with Crippen LogP contribution in [0.5, 0.6) is 0 Å². The number of nitrogens with zero attached hydrogens (tertiary/aromatic N) is 1. The molecule has 1 aliphatic heterocycles. The van der Waals surface area contributed by atoms with E-state index in [-0.39, 0.29) is 30.2 Å². The van der Waals surface area contributed by atoms with Crippen molar-refractivity contribution in [3.8, 4) is 0 Å². The first kappa shape index (κ1) is 16.5. The molecule has 0 spiro atoms. The fraction of sp³-hybridized carbons (Fsp3) is 0.500. The van der Waals surface area contributed by atoms with Gasteiger partial charge in [0.2, 0.25) is 11.8 Å². The summed E-state index contributed by atoms with van der Waals surface area (Å²) in [6, 6.07) is 9.16. The van der Waals surface area contributed by atoms with Crippen LogP contribution in [-0.2, 0) is 9.59 Å². The first-order valence-corrected chi connectivity index (χ1v) is 8.55. The second kappa shape index (κ2) is 7.47. The van der Waals surface area contributed by atoms with Gasteiger partial charge in [0.05, 0.1) is 12.5 Å². The Hall–Kier alpha value is -2.37. The maximum atomic E-state index is 12.3. The van der Waals surface area contributed by atoms with Crippen molar-refractivity contribution in [3.05, 3.63) is 35.9 Å². The molecule has 0 unspecified atom stereocenters. The van der Waals surface area contributed by atoms with Crippen molar-refractivity contribution >= 4 is 17.7 Å². The summed E-state index contributed by atoms with van der Waals surface area (Å²) < 4.78 is 0. The lowest BCUT2D eigenvalue weighted by Crippen LogP contribution is -2.48. The van der Waals surface area contributed by atoms with E-state index in [0.29, 0.717) is 24.7 Å². The number of piperidine rings is 1. The zero-order chi connectivity index (χ0) is 16.9. The van der Waals surface area contributed by atoms with Crippen LogP contribution in [0.15, 0.2) is 30.3 Å². The molecule has 1 saturated heterocycles. The molecule has 1 aromatic carbocycles. The molecule has 1 aromatic rings. The fourth-order valence-electron chi connectivity index (χ4n) is 2.92. The molecule has 2 fully saturated rings. The van der Waals surface area contributed by atoms with E-state index in [9.17, 15) is 14.4 Å². The lowest BCUT2D eigenvalue weighted by atomic mass is 9.97. The Morgan fingerprint density at radius 3 is 2.54 bits per heavy atom. The Labute approximate surface area is 141 Å². The van der Waals surface area contributed by atoms with E-state index in [1.807, 2.05) is 6.07 Å². The number of likely N-dealkylation sites (tertiary alicyclic amines) is 1. The summed E-state index contributed by atoms with van der Waals surface area (Å²) in [7, 11) is 0. The first-order valence-electron chi connectivity index (χ1n) is 8.55. The predicted molar refractivity (Wildman–Crippen MR) is 89.2 cm³/mol. The molecule has 2 aliphatic rings. The van der Waals surface area contributed by atoms with Crippen molar-refractivity contribution in [2.45, 2.75) is 31.7 Å². The Bertz CT molecular complexity index is 613. The van der Waals surface area contributed by atoms with Gasteiger partial charge in [-0.1, -0.05) is 18.2 Å². The Morgan fingerprint density at radius 2 is 1.83 bits per heavy atom. The highest BCUT2D eigenvalue weighted by molar-refractivity contribution is 5.96. The molecular formula is C18H23N3O3. The van der Waals surface area contributed by atoms with E-state index in [0.717, 1.165) is 25.7 Å². The van der Waals surface area contributed by atoms with Gasteiger partial charge < -0.3 is 15.5 Å².